The molecular weight excluding hydrogens is 328 g/mol. The molecule has 9 heteroatoms. The van der Waals surface area contributed by atoms with Crippen molar-refractivity contribution in [1.29, 1.82) is 5.26 Å². The standard InChI is InChI=1S/C15H10N6O2S/c16-9-11-6-12(8-14(7-11)21(22)23)10-24-15-17-18-19-20(15)13-4-2-1-3-5-13/h1-8H,10H2. The van der Waals surface area contributed by atoms with Gasteiger partial charge in [0, 0.05) is 17.9 Å². The molecule has 0 bridgehead atoms. The lowest BCUT2D eigenvalue weighted by molar-refractivity contribution is -0.384. The van der Waals surface area contributed by atoms with Gasteiger partial charge in [0.15, 0.2) is 0 Å². The third-order valence-corrected chi connectivity index (χ3v) is 4.12. The Kier molecular flexibility index (Phi) is 4.49. The molecule has 0 N–H and O–H groups in total. The first-order valence-corrected chi connectivity index (χ1v) is 7.81. The number of rotatable bonds is 5. The zero-order valence-corrected chi connectivity index (χ0v) is 13.1. The number of nitro groups is 1. The van der Waals surface area contributed by atoms with Gasteiger partial charge in [-0.1, -0.05) is 30.0 Å². The molecule has 0 atom stereocenters. The SMILES string of the molecule is N#Cc1cc(CSc2nnnn2-c2ccccc2)cc([N+](=O)[O-])c1. The Balaban J connectivity index is 1.83. The van der Waals surface area contributed by atoms with Gasteiger partial charge >= 0.3 is 0 Å². The summed E-state index contributed by atoms with van der Waals surface area (Å²) >= 11 is 1.34. The number of benzene rings is 2. The Morgan fingerprint density at radius 1 is 1.25 bits per heavy atom. The van der Waals surface area contributed by atoms with E-state index in [2.05, 4.69) is 15.5 Å². The minimum Gasteiger partial charge on any atom is -0.258 e. The second-order valence-electron chi connectivity index (χ2n) is 4.75. The van der Waals surface area contributed by atoms with Crippen LogP contribution < -0.4 is 0 Å². The fraction of sp³-hybridized carbons (Fsp3) is 0.0667. The van der Waals surface area contributed by atoms with E-state index in [0.717, 1.165) is 5.69 Å². The molecule has 1 heterocycles. The molecule has 3 rings (SSSR count). The molecule has 3 aromatic rings. The first-order chi connectivity index (χ1) is 11.7. The summed E-state index contributed by atoms with van der Waals surface area (Å²) in [5.74, 6) is 0.406. The van der Waals surface area contributed by atoms with Gasteiger partial charge in [-0.2, -0.15) is 9.94 Å². The molecule has 0 fully saturated rings. The van der Waals surface area contributed by atoms with E-state index in [4.69, 9.17) is 5.26 Å². The summed E-state index contributed by atoms with van der Waals surface area (Å²) in [7, 11) is 0. The highest BCUT2D eigenvalue weighted by atomic mass is 32.2. The molecule has 2 aromatic carbocycles. The smallest absolute Gasteiger partial charge is 0.258 e. The van der Waals surface area contributed by atoms with Crippen LogP contribution in [-0.2, 0) is 5.75 Å². The lowest BCUT2D eigenvalue weighted by atomic mass is 10.1. The lowest BCUT2D eigenvalue weighted by Gasteiger charge is -2.04. The summed E-state index contributed by atoms with van der Waals surface area (Å²) in [5.41, 5.74) is 1.63. The van der Waals surface area contributed by atoms with E-state index in [1.54, 1.807) is 10.7 Å². The Bertz CT molecular complexity index is 919. The van der Waals surface area contributed by atoms with Crippen LogP contribution in [0.3, 0.4) is 0 Å². The molecule has 0 radical (unpaired) electrons. The monoisotopic (exact) mass is 338 g/mol. The van der Waals surface area contributed by atoms with Crippen molar-refractivity contribution in [2.45, 2.75) is 10.9 Å². The van der Waals surface area contributed by atoms with Crippen LogP contribution in [0, 0.1) is 21.4 Å². The minimum atomic E-state index is -0.511. The van der Waals surface area contributed by atoms with Crippen molar-refractivity contribution in [3.05, 3.63) is 69.8 Å². The molecule has 118 valence electrons. The molecule has 8 nitrogen and oxygen atoms in total. The maximum atomic E-state index is 10.9. The number of tetrazole rings is 1. The Hall–Kier alpha value is -3.25. The number of non-ortho nitro benzene ring substituents is 1. The highest BCUT2D eigenvalue weighted by molar-refractivity contribution is 7.98. The molecule has 0 amide bonds. The zero-order chi connectivity index (χ0) is 16.9. The van der Waals surface area contributed by atoms with Crippen LogP contribution in [0.2, 0.25) is 0 Å². The highest BCUT2D eigenvalue weighted by Crippen LogP contribution is 2.25. The van der Waals surface area contributed by atoms with E-state index in [1.165, 1.54) is 23.9 Å². The summed E-state index contributed by atoms with van der Waals surface area (Å²) in [6, 6.07) is 15.7. The summed E-state index contributed by atoms with van der Waals surface area (Å²) in [5, 5.41) is 32.1. The van der Waals surface area contributed by atoms with Crippen LogP contribution in [-0.4, -0.2) is 25.1 Å². The van der Waals surface area contributed by atoms with E-state index in [-0.39, 0.29) is 11.3 Å². The lowest BCUT2D eigenvalue weighted by Crippen LogP contribution is -1.99. The van der Waals surface area contributed by atoms with Gasteiger partial charge in [0.2, 0.25) is 5.16 Å². The Morgan fingerprint density at radius 3 is 2.75 bits per heavy atom. The van der Waals surface area contributed by atoms with Crippen molar-refractivity contribution in [2.24, 2.45) is 0 Å². The average Bonchev–Trinajstić information content (AvgIpc) is 3.09. The van der Waals surface area contributed by atoms with Crippen molar-refractivity contribution in [3.8, 4) is 11.8 Å². The number of aromatic nitrogens is 4. The minimum absolute atomic E-state index is 0.104. The highest BCUT2D eigenvalue weighted by Gasteiger charge is 2.13. The number of nitro benzene ring substituents is 1. The van der Waals surface area contributed by atoms with Gasteiger partial charge in [-0.05, 0) is 34.2 Å². The topological polar surface area (TPSA) is 111 Å². The van der Waals surface area contributed by atoms with Crippen molar-refractivity contribution in [1.82, 2.24) is 20.2 Å². The molecule has 1 aromatic heterocycles. The maximum Gasteiger partial charge on any atom is 0.271 e. The summed E-state index contributed by atoms with van der Waals surface area (Å²) in [6.45, 7) is 0. The molecule has 24 heavy (non-hydrogen) atoms. The molecule has 0 saturated heterocycles. The first-order valence-electron chi connectivity index (χ1n) is 6.82. The molecular formula is C15H10N6O2S. The van der Waals surface area contributed by atoms with Crippen molar-refractivity contribution in [2.75, 3.05) is 0 Å². The van der Waals surface area contributed by atoms with Crippen LogP contribution in [0.25, 0.3) is 5.69 Å². The van der Waals surface area contributed by atoms with E-state index >= 15 is 0 Å². The number of hydrogen-bond acceptors (Lipinski definition) is 7. The van der Waals surface area contributed by atoms with E-state index in [1.807, 2.05) is 36.4 Å². The molecule has 0 saturated carbocycles. The van der Waals surface area contributed by atoms with Crippen LogP contribution in [0.15, 0.2) is 53.7 Å². The molecule has 0 spiro atoms. The van der Waals surface area contributed by atoms with Gasteiger partial charge < -0.3 is 0 Å². The predicted molar refractivity (Wildman–Crippen MR) is 86.5 cm³/mol. The van der Waals surface area contributed by atoms with Gasteiger partial charge in [0.05, 0.1) is 22.2 Å². The van der Waals surface area contributed by atoms with Crippen molar-refractivity contribution in [3.63, 3.8) is 0 Å². The summed E-state index contributed by atoms with van der Waals surface area (Å²) in [4.78, 5) is 10.4. The predicted octanol–water partition coefficient (Wildman–Crippen LogP) is 2.73. The van der Waals surface area contributed by atoms with Crippen LogP contribution in [0.5, 0.6) is 0 Å². The van der Waals surface area contributed by atoms with Gasteiger partial charge in [-0.25, -0.2) is 0 Å². The second-order valence-corrected chi connectivity index (χ2v) is 5.70. The van der Waals surface area contributed by atoms with Crippen LogP contribution in [0.1, 0.15) is 11.1 Å². The second kappa shape index (κ2) is 6.89. The van der Waals surface area contributed by atoms with Crippen LogP contribution in [0.4, 0.5) is 5.69 Å². The van der Waals surface area contributed by atoms with E-state index < -0.39 is 4.92 Å². The third-order valence-electron chi connectivity index (χ3n) is 3.13. The fourth-order valence-electron chi connectivity index (χ4n) is 2.08. The van der Waals surface area contributed by atoms with Gasteiger partial charge in [0.1, 0.15) is 0 Å². The molecule has 0 unspecified atom stereocenters. The van der Waals surface area contributed by atoms with Gasteiger partial charge in [-0.3, -0.25) is 10.1 Å². The number of nitrogens with zero attached hydrogens (tertiary/aromatic N) is 6. The van der Waals surface area contributed by atoms with E-state index in [0.29, 0.717) is 16.5 Å². The van der Waals surface area contributed by atoms with E-state index in [9.17, 15) is 10.1 Å². The summed E-state index contributed by atoms with van der Waals surface area (Å²) in [6.07, 6.45) is 0. The molecule has 0 aliphatic carbocycles. The van der Waals surface area contributed by atoms with Crippen LogP contribution >= 0.6 is 11.8 Å². The third kappa shape index (κ3) is 3.39. The van der Waals surface area contributed by atoms with Crippen molar-refractivity contribution >= 4 is 17.4 Å². The summed E-state index contributed by atoms with van der Waals surface area (Å²) < 4.78 is 1.59. The largest absolute Gasteiger partial charge is 0.271 e. The molecule has 0 aliphatic rings. The fourth-order valence-corrected chi connectivity index (χ4v) is 2.90. The van der Waals surface area contributed by atoms with Gasteiger partial charge in [-0.15, -0.1) is 5.10 Å². The number of nitriles is 1. The zero-order valence-electron chi connectivity index (χ0n) is 12.2. The number of para-hydroxylation sites is 1. The number of hydrogen-bond donors (Lipinski definition) is 0. The maximum absolute atomic E-state index is 10.9. The number of thioether (sulfide) groups is 1. The Morgan fingerprint density at radius 2 is 2.04 bits per heavy atom. The average molecular weight is 338 g/mol. The molecule has 0 aliphatic heterocycles. The first kappa shape index (κ1) is 15.6. The van der Waals surface area contributed by atoms with Gasteiger partial charge in [0.25, 0.3) is 5.69 Å². The Labute approximate surface area is 140 Å². The van der Waals surface area contributed by atoms with Crippen molar-refractivity contribution < 1.29 is 4.92 Å². The quantitative estimate of drug-likeness (QED) is 0.399. The normalized spacial score (nSPS) is 10.3.